The number of hydrogen-bond donors (Lipinski definition) is 0. The average Bonchev–Trinajstić information content (AvgIpc) is 2.38. The minimum Gasteiger partial charge on any atom is -0.298 e. The van der Waals surface area contributed by atoms with Crippen LogP contribution in [-0.4, -0.2) is 29.1 Å². The summed E-state index contributed by atoms with van der Waals surface area (Å²) in [4.78, 5) is 5.64. The summed E-state index contributed by atoms with van der Waals surface area (Å²) >= 11 is 0. The summed E-state index contributed by atoms with van der Waals surface area (Å²) < 4.78 is 38.1. The fourth-order valence-corrected chi connectivity index (χ4v) is 2.36. The number of piperidine rings is 1. The maximum absolute atomic E-state index is 12.7. The number of nitriles is 1. The molecule has 0 N–H and O–H groups in total. The van der Waals surface area contributed by atoms with Crippen molar-refractivity contribution in [3.63, 3.8) is 0 Å². The van der Waals surface area contributed by atoms with E-state index in [2.05, 4.69) is 4.98 Å². The van der Waals surface area contributed by atoms with Crippen molar-refractivity contribution in [3.05, 3.63) is 29.6 Å². The van der Waals surface area contributed by atoms with E-state index in [1.54, 1.807) is 17.0 Å². The number of likely N-dealkylation sites (tertiary alicyclic amines) is 1. The molecule has 0 amide bonds. The second kappa shape index (κ2) is 5.57. The largest absolute Gasteiger partial charge is 0.393 e. The monoisotopic (exact) mass is 269 g/mol. The first-order valence-electron chi connectivity index (χ1n) is 6.13. The highest BCUT2D eigenvalue weighted by atomic mass is 19.4. The van der Waals surface area contributed by atoms with Gasteiger partial charge in [-0.2, -0.15) is 18.4 Å². The second-order valence-electron chi connectivity index (χ2n) is 4.78. The lowest BCUT2D eigenvalue weighted by Crippen LogP contribution is -2.41. The third-order valence-corrected chi connectivity index (χ3v) is 3.31. The van der Waals surface area contributed by atoms with E-state index in [1.165, 1.54) is 6.20 Å². The van der Waals surface area contributed by atoms with Crippen LogP contribution in [0.25, 0.3) is 0 Å². The fourth-order valence-electron chi connectivity index (χ4n) is 2.36. The molecule has 6 heteroatoms. The zero-order valence-electron chi connectivity index (χ0n) is 10.3. The van der Waals surface area contributed by atoms with Crippen LogP contribution in [0, 0.1) is 17.2 Å². The van der Waals surface area contributed by atoms with Gasteiger partial charge < -0.3 is 0 Å². The fraction of sp³-hybridized carbons (Fsp3) is 0.538. The molecule has 1 fully saturated rings. The van der Waals surface area contributed by atoms with Gasteiger partial charge in [0.15, 0.2) is 0 Å². The average molecular weight is 269 g/mol. The van der Waals surface area contributed by atoms with Crippen LogP contribution in [0.5, 0.6) is 0 Å². The Morgan fingerprint density at radius 3 is 2.95 bits per heavy atom. The van der Waals surface area contributed by atoms with Crippen molar-refractivity contribution in [2.75, 3.05) is 13.1 Å². The van der Waals surface area contributed by atoms with E-state index in [-0.39, 0.29) is 13.0 Å². The number of hydrogen-bond acceptors (Lipinski definition) is 3. The third kappa shape index (κ3) is 3.67. The van der Waals surface area contributed by atoms with Crippen LogP contribution in [0.15, 0.2) is 18.3 Å². The summed E-state index contributed by atoms with van der Waals surface area (Å²) in [6.45, 7) is 1.13. The van der Waals surface area contributed by atoms with Crippen LogP contribution >= 0.6 is 0 Å². The number of pyridine rings is 1. The van der Waals surface area contributed by atoms with Gasteiger partial charge in [0.05, 0.1) is 5.92 Å². The Hall–Kier alpha value is -1.61. The highest BCUT2D eigenvalue weighted by molar-refractivity contribution is 5.25. The van der Waals surface area contributed by atoms with Crippen molar-refractivity contribution < 1.29 is 13.2 Å². The van der Waals surface area contributed by atoms with Crippen molar-refractivity contribution in [2.45, 2.75) is 25.6 Å². The topological polar surface area (TPSA) is 39.9 Å². The number of alkyl halides is 3. The molecule has 0 aliphatic carbocycles. The highest BCUT2D eigenvalue weighted by Gasteiger charge is 2.41. The summed E-state index contributed by atoms with van der Waals surface area (Å²) in [5.74, 6) is -1.24. The minimum atomic E-state index is -4.12. The summed E-state index contributed by atoms with van der Waals surface area (Å²) in [6, 6.07) is 5.28. The van der Waals surface area contributed by atoms with Crippen molar-refractivity contribution in [3.8, 4) is 6.07 Å². The van der Waals surface area contributed by atoms with Crippen molar-refractivity contribution >= 4 is 0 Å². The molecule has 0 radical (unpaired) electrons. The van der Waals surface area contributed by atoms with Crippen LogP contribution in [0.4, 0.5) is 13.2 Å². The number of halogens is 3. The molecule has 0 spiro atoms. The Kier molecular flexibility index (Phi) is 4.05. The summed E-state index contributed by atoms with van der Waals surface area (Å²) in [5, 5.41) is 8.74. The van der Waals surface area contributed by atoms with Gasteiger partial charge in [-0.25, -0.2) is 4.98 Å². The van der Waals surface area contributed by atoms with E-state index < -0.39 is 12.1 Å². The molecule has 1 aliphatic heterocycles. The summed E-state index contributed by atoms with van der Waals surface area (Å²) in [7, 11) is 0. The Labute approximate surface area is 109 Å². The molecule has 0 bridgehead atoms. The van der Waals surface area contributed by atoms with Gasteiger partial charge in [0.2, 0.25) is 0 Å². The third-order valence-electron chi connectivity index (χ3n) is 3.31. The van der Waals surface area contributed by atoms with Crippen LogP contribution in [0.1, 0.15) is 24.1 Å². The van der Waals surface area contributed by atoms with Gasteiger partial charge in [0, 0.05) is 19.3 Å². The van der Waals surface area contributed by atoms with Crippen LogP contribution < -0.4 is 0 Å². The van der Waals surface area contributed by atoms with E-state index in [4.69, 9.17) is 5.26 Å². The van der Waals surface area contributed by atoms with Crippen LogP contribution in [-0.2, 0) is 6.54 Å². The molecule has 1 unspecified atom stereocenters. The molecule has 1 atom stereocenters. The normalized spacial score (nSPS) is 21.1. The smallest absolute Gasteiger partial charge is 0.298 e. The van der Waals surface area contributed by atoms with Gasteiger partial charge in [0.1, 0.15) is 11.8 Å². The van der Waals surface area contributed by atoms with Crippen LogP contribution in [0.3, 0.4) is 0 Å². The first kappa shape index (κ1) is 13.8. The Balaban J connectivity index is 2.01. The lowest BCUT2D eigenvalue weighted by Gasteiger charge is -2.33. The van der Waals surface area contributed by atoms with Crippen LogP contribution in [0.2, 0.25) is 0 Å². The maximum atomic E-state index is 12.7. The molecule has 3 nitrogen and oxygen atoms in total. The lowest BCUT2D eigenvalue weighted by atomic mass is 9.97. The standard InChI is InChI=1S/C13H14F3N3/c14-13(15,16)11-2-1-5-19(9-11)8-10-3-4-18-12(6-10)7-17/h3-4,6,11H,1-2,5,8-9H2. The number of rotatable bonds is 2. The predicted molar refractivity (Wildman–Crippen MR) is 63.0 cm³/mol. The summed E-state index contributed by atoms with van der Waals surface area (Å²) in [5.41, 5.74) is 1.12. The minimum absolute atomic E-state index is 0.0354. The Bertz CT molecular complexity index is 479. The first-order chi connectivity index (χ1) is 8.99. The van der Waals surface area contributed by atoms with Gasteiger partial charge in [-0.05, 0) is 37.1 Å². The predicted octanol–water partition coefficient (Wildman–Crippen LogP) is 2.73. The molecule has 1 aliphatic rings. The zero-order valence-corrected chi connectivity index (χ0v) is 10.3. The molecule has 0 saturated carbocycles. The van der Waals surface area contributed by atoms with Crippen molar-refractivity contribution in [1.29, 1.82) is 5.26 Å². The second-order valence-corrected chi connectivity index (χ2v) is 4.78. The van der Waals surface area contributed by atoms with Gasteiger partial charge in [0.25, 0.3) is 0 Å². The Morgan fingerprint density at radius 2 is 2.26 bits per heavy atom. The van der Waals surface area contributed by atoms with E-state index in [1.807, 2.05) is 6.07 Å². The number of aromatic nitrogens is 1. The molecule has 2 heterocycles. The van der Waals surface area contributed by atoms with Gasteiger partial charge in [-0.3, -0.25) is 4.90 Å². The zero-order chi connectivity index (χ0) is 13.9. The molecule has 19 heavy (non-hydrogen) atoms. The number of nitrogens with zero attached hydrogens (tertiary/aromatic N) is 3. The van der Waals surface area contributed by atoms with E-state index >= 15 is 0 Å². The quantitative estimate of drug-likeness (QED) is 0.828. The van der Waals surface area contributed by atoms with Gasteiger partial charge in [-0.1, -0.05) is 0 Å². The molecule has 102 valence electrons. The van der Waals surface area contributed by atoms with E-state index in [0.29, 0.717) is 25.2 Å². The molecule has 1 saturated heterocycles. The SMILES string of the molecule is N#Cc1cc(CN2CCCC(C(F)(F)F)C2)ccn1. The van der Waals surface area contributed by atoms with E-state index in [0.717, 1.165) is 5.56 Å². The molecule has 1 aromatic heterocycles. The Morgan fingerprint density at radius 1 is 1.47 bits per heavy atom. The molecule has 0 aromatic carbocycles. The lowest BCUT2D eigenvalue weighted by molar-refractivity contribution is -0.187. The molecule has 1 aromatic rings. The summed E-state index contributed by atoms with van der Waals surface area (Å²) in [6.07, 6.45) is -1.84. The van der Waals surface area contributed by atoms with Crippen molar-refractivity contribution in [1.82, 2.24) is 9.88 Å². The van der Waals surface area contributed by atoms with Gasteiger partial charge >= 0.3 is 6.18 Å². The molecular weight excluding hydrogens is 255 g/mol. The molecular formula is C13H14F3N3. The molecule has 2 rings (SSSR count). The van der Waals surface area contributed by atoms with E-state index in [9.17, 15) is 13.2 Å². The highest BCUT2D eigenvalue weighted by Crippen LogP contribution is 2.33. The first-order valence-corrected chi connectivity index (χ1v) is 6.13. The van der Waals surface area contributed by atoms with Crippen molar-refractivity contribution in [2.24, 2.45) is 5.92 Å². The maximum Gasteiger partial charge on any atom is 0.393 e. The van der Waals surface area contributed by atoms with Gasteiger partial charge in [-0.15, -0.1) is 0 Å².